The van der Waals surface area contributed by atoms with Crippen LogP contribution in [0.4, 0.5) is 0 Å². The van der Waals surface area contributed by atoms with Crippen LogP contribution >= 0.6 is 15.9 Å². The van der Waals surface area contributed by atoms with E-state index in [1.807, 2.05) is 0 Å². The van der Waals surface area contributed by atoms with Crippen LogP contribution in [0, 0.1) is 11.3 Å². The van der Waals surface area contributed by atoms with E-state index in [1.54, 1.807) is 0 Å². The van der Waals surface area contributed by atoms with Crippen LogP contribution in [0.3, 0.4) is 0 Å². The Hall–Kier alpha value is -0.110. The first-order valence-electron chi connectivity index (χ1n) is 6.98. The lowest BCUT2D eigenvalue weighted by Crippen LogP contribution is -2.30. The molecule has 1 atom stereocenters. The average Bonchev–Trinajstić information content (AvgIpc) is 2.58. The molecule has 0 saturated heterocycles. The summed E-state index contributed by atoms with van der Waals surface area (Å²) in [5.74, 6) is 0.866. The molecule has 2 heteroatoms. The lowest BCUT2D eigenvalue weighted by Gasteiger charge is -2.41. The number of halogens is 1. The van der Waals surface area contributed by atoms with E-state index in [1.165, 1.54) is 49.4 Å². The Balaban J connectivity index is 2.09. The summed E-state index contributed by atoms with van der Waals surface area (Å²) in [4.78, 5) is 10.9. The Bertz CT molecular complexity index is 313. The monoisotopic (exact) mass is 298 g/mol. The van der Waals surface area contributed by atoms with E-state index in [-0.39, 0.29) is 0 Å². The SMILES string of the molecule is C[C@@]1(C2CCCCCC2)CCC(C=O)=C(Br)C1. The zero-order valence-corrected chi connectivity index (χ0v) is 12.4. The van der Waals surface area contributed by atoms with E-state index in [0.29, 0.717) is 5.41 Å². The highest BCUT2D eigenvalue weighted by Gasteiger charge is 2.37. The fourth-order valence-corrected chi connectivity index (χ4v) is 4.49. The molecule has 2 aliphatic carbocycles. The molecule has 0 heterocycles. The van der Waals surface area contributed by atoms with Crippen molar-refractivity contribution in [3.8, 4) is 0 Å². The first-order valence-corrected chi connectivity index (χ1v) is 7.78. The molecule has 0 aromatic carbocycles. The van der Waals surface area contributed by atoms with Crippen LogP contribution < -0.4 is 0 Å². The second kappa shape index (κ2) is 5.69. The summed E-state index contributed by atoms with van der Waals surface area (Å²) in [6.07, 6.45) is 12.7. The largest absolute Gasteiger partial charge is 0.298 e. The average molecular weight is 299 g/mol. The summed E-state index contributed by atoms with van der Waals surface area (Å²) in [6, 6.07) is 0. The van der Waals surface area contributed by atoms with Crippen LogP contribution in [0.1, 0.15) is 64.7 Å². The minimum Gasteiger partial charge on any atom is -0.298 e. The van der Waals surface area contributed by atoms with E-state index in [4.69, 9.17) is 0 Å². The molecule has 0 aliphatic heterocycles. The Labute approximate surface area is 113 Å². The highest BCUT2D eigenvalue weighted by Crippen LogP contribution is 2.49. The summed E-state index contributed by atoms with van der Waals surface area (Å²) >= 11 is 3.63. The first-order chi connectivity index (χ1) is 8.15. The molecule has 1 saturated carbocycles. The van der Waals surface area contributed by atoms with Gasteiger partial charge in [-0.25, -0.2) is 0 Å². The van der Waals surface area contributed by atoms with Crippen molar-refractivity contribution in [2.75, 3.05) is 0 Å². The Morgan fingerprint density at radius 1 is 1.24 bits per heavy atom. The predicted molar refractivity (Wildman–Crippen MR) is 75.2 cm³/mol. The van der Waals surface area contributed by atoms with E-state index in [0.717, 1.165) is 30.6 Å². The molecular formula is C15H23BrO. The maximum Gasteiger partial charge on any atom is 0.146 e. The van der Waals surface area contributed by atoms with Crippen molar-refractivity contribution in [1.29, 1.82) is 0 Å². The molecule has 0 unspecified atom stereocenters. The van der Waals surface area contributed by atoms with Crippen LogP contribution in [0.2, 0.25) is 0 Å². The van der Waals surface area contributed by atoms with Crippen molar-refractivity contribution in [1.82, 2.24) is 0 Å². The topological polar surface area (TPSA) is 17.1 Å². The zero-order valence-electron chi connectivity index (χ0n) is 10.8. The molecule has 2 aliphatic rings. The standard InChI is InChI=1S/C15H23BrO/c1-15(13-6-4-2-3-5-7-13)9-8-12(11-17)14(16)10-15/h11,13H,2-10H2,1H3/t15-/m1/s1. The molecule has 17 heavy (non-hydrogen) atoms. The van der Waals surface area contributed by atoms with Crippen LogP contribution in [0.25, 0.3) is 0 Å². The summed E-state index contributed by atoms with van der Waals surface area (Å²) in [5.41, 5.74) is 1.42. The van der Waals surface area contributed by atoms with Crippen molar-refractivity contribution in [3.63, 3.8) is 0 Å². The van der Waals surface area contributed by atoms with Gasteiger partial charge in [-0.15, -0.1) is 0 Å². The van der Waals surface area contributed by atoms with Crippen LogP contribution in [0.5, 0.6) is 0 Å². The van der Waals surface area contributed by atoms with Crippen molar-refractivity contribution in [2.24, 2.45) is 11.3 Å². The number of hydrogen-bond acceptors (Lipinski definition) is 1. The molecule has 0 aromatic rings. The van der Waals surface area contributed by atoms with Gasteiger partial charge in [0.15, 0.2) is 0 Å². The molecule has 0 radical (unpaired) electrons. The fourth-order valence-electron chi connectivity index (χ4n) is 3.56. The van der Waals surface area contributed by atoms with Crippen molar-refractivity contribution < 1.29 is 4.79 Å². The van der Waals surface area contributed by atoms with E-state index in [2.05, 4.69) is 22.9 Å². The summed E-state index contributed by atoms with van der Waals surface area (Å²) in [5, 5.41) is 0. The smallest absolute Gasteiger partial charge is 0.146 e. The van der Waals surface area contributed by atoms with Gasteiger partial charge in [0, 0.05) is 10.1 Å². The van der Waals surface area contributed by atoms with Crippen LogP contribution in [-0.4, -0.2) is 6.29 Å². The van der Waals surface area contributed by atoms with Gasteiger partial charge in [-0.2, -0.15) is 0 Å². The molecular weight excluding hydrogens is 276 g/mol. The number of carbonyl (C=O) groups is 1. The second-order valence-electron chi connectivity index (χ2n) is 6.07. The third kappa shape index (κ3) is 3.01. The van der Waals surface area contributed by atoms with Gasteiger partial charge in [-0.3, -0.25) is 4.79 Å². The third-order valence-corrected chi connectivity index (χ3v) is 5.65. The quantitative estimate of drug-likeness (QED) is 0.518. The number of rotatable bonds is 2. The number of aldehydes is 1. The highest BCUT2D eigenvalue weighted by molar-refractivity contribution is 9.11. The van der Waals surface area contributed by atoms with Crippen molar-refractivity contribution >= 4 is 22.2 Å². The van der Waals surface area contributed by atoms with Gasteiger partial charge >= 0.3 is 0 Å². The summed E-state index contributed by atoms with van der Waals surface area (Å²) in [6.45, 7) is 2.44. The summed E-state index contributed by atoms with van der Waals surface area (Å²) in [7, 11) is 0. The van der Waals surface area contributed by atoms with E-state index >= 15 is 0 Å². The maximum absolute atomic E-state index is 10.9. The molecule has 0 amide bonds. The minimum atomic E-state index is 0.426. The van der Waals surface area contributed by atoms with Crippen molar-refractivity contribution in [3.05, 3.63) is 10.1 Å². The first kappa shape index (κ1) is 13.3. The predicted octanol–water partition coefficient (Wildman–Crippen LogP) is 4.99. The van der Waals surface area contributed by atoms with Gasteiger partial charge in [0.05, 0.1) is 0 Å². The maximum atomic E-state index is 10.9. The number of carbonyl (C=O) groups excluding carboxylic acids is 1. The Morgan fingerprint density at radius 3 is 2.41 bits per heavy atom. The number of allylic oxidation sites excluding steroid dienone is 2. The Kier molecular flexibility index (Phi) is 4.46. The van der Waals surface area contributed by atoms with Gasteiger partial charge in [0.2, 0.25) is 0 Å². The van der Waals surface area contributed by atoms with Gasteiger partial charge < -0.3 is 0 Å². The van der Waals surface area contributed by atoms with E-state index < -0.39 is 0 Å². The molecule has 96 valence electrons. The fraction of sp³-hybridized carbons (Fsp3) is 0.800. The van der Waals surface area contributed by atoms with E-state index in [9.17, 15) is 4.79 Å². The third-order valence-electron chi connectivity index (χ3n) is 4.86. The summed E-state index contributed by atoms with van der Waals surface area (Å²) < 4.78 is 1.17. The van der Waals surface area contributed by atoms with Gasteiger partial charge in [-0.05, 0) is 43.4 Å². The zero-order chi connectivity index (χ0) is 12.3. The number of hydrogen-bond donors (Lipinski definition) is 0. The molecule has 0 bridgehead atoms. The van der Waals surface area contributed by atoms with Gasteiger partial charge in [0.25, 0.3) is 0 Å². The lowest BCUT2D eigenvalue weighted by atomic mass is 9.65. The lowest BCUT2D eigenvalue weighted by molar-refractivity contribution is -0.105. The van der Waals surface area contributed by atoms with Crippen LogP contribution in [-0.2, 0) is 4.79 Å². The van der Waals surface area contributed by atoms with Crippen molar-refractivity contribution in [2.45, 2.75) is 64.7 Å². The molecule has 0 N–H and O–H groups in total. The van der Waals surface area contributed by atoms with Gasteiger partial charge in [-0.1, -0.05) is 48.5 Å². The normalized spacial score (nSPS) is 32.4. The molecule has 2 rings (SSSR count). The minimum absolute atomic E-state index is 0.426. The second-order valence-corrected chi connectivity index (χ2v) is 7.02. The van der Waals surface area contributed by atoms with Gasteiger partial charge in [0.1, 0.15) is 6.29 Å². The highest BCUT2D eigenvalue weighted by atomic mass is 79.9. The molecule has 1 fully saturated rings. The Morgan fingerprint density at radius 2 is 1.88 bits per heavy atom. The molecule has 1 nitrogen and oxygen atoms in total. The molecule has 0 aromatic heterocycles. The van der Waals surface area contributed by atoms with Crippen LogP contribution in [0.15, 0.2) is 10.1 Å². The molecule has 0 spiro atoms.